The summed E-state index contributed by atoms with van der Waals surface area (Å²) in [4.78, 5) is 13.8. The number of furan rings is 1. The highest BCUT2D eigenvalue weighted by Crippen LogP contribution is 2.10. The van der Waals surface area contributed by atoms with E-state index in [1.807, 2.05) is 43.3 Å². The summed E-state index contributed by atoms with van der Waals surface area (Å²) in [7, 11) is 1.77. The van der Waals surface area contributed by atoms with Gasteiger partial charge in [-0.25, -0.2) is 0 Å². The SMILES string of the molecule is Cc1cccc(C(=O)N(C)Cc2ccco2)c1. The van der Waals surface area contributed by atoms with E-state index in [0.29, 0.717) is 12.1 Å². The first-order valence-electron chi connectivity index (χ1n) is 5.51. The monoisotopic (exact) mass is 229 g/mol. The lowest BCUT2D eigenvalue weighted by Gasteiger charge is -2.15. The molecule has 0 spiro atoms. The van der Waals surface area contributed by atoms with Gasteiger partial charge in [0.1, 0.15) is 5.76 Å². The van der Waals surface area contributed by atoms with Crippen LogP contribution in [0.1, 0.15) is 21.7 Å². The fourth-order valence-corrected chi connectivity index (χ4v) is 1.71. The van der Waals surface area contributed by atoms with Gasteiger partial charge in [0.2, 0.25) is 0 Å². The molecule has 2 aromatic rings. The third-order valence-electron chi connectivity index (χ3n) is 2.58. The lowest BCUT2D eigenvalue weighted by atomic mass is 10.1. The molecule has 0 saturated heterocycles. The molecular formula is C14H15NO2. The van der Waals surface area contributed by atoms with Gasteiger partial charge in [-0.05, 0) is 31.2 Å². The van der Waals surface area contributed by atoms with E-state index < -0.39 is 0 Å². The van der Waals surface area contributed by atoms with Gasteiger partial charge >= 0.3 is 0 Å². The Bertz CT molecular complexity index is 503. The van der Waals surface area contributed by atoms with Gasteiger partial charge in [0.05, 0.1) is 12.8 Å². The molecule has 0 aliphatic heterocycles. The first-order valence-corrected chi connectivity index (χ1v) is 5.51. The maximum atomic E-state index is 12.1. The van der Waals surface area contributed by atoms with Crippen molar-refractivity contribution in [2.45, 2.75) is 13.5 Å². The summed E-state index contributed by atoms with van der Waals surface area (Å²) in [5.41, 5.74) is 1.79. The molecule has 0 aliphatic carbocycles. The number of carbonyl (C=O) groups is 1. The first kappa shape index (κ1) is 11.5. The van der Waals surface area contributed by atoms with Crippen LogP contribution in [0.5, 0.6) is 0 Å². The van der Waals surface area contributed by atoms with Crippen LogP contribution in [0, 0.1) is 6.92 Å². The van der Waals surface area contributed by atoms with Crippen molar-refractivity contribution in [2.75, 3.05) is 7.05 Å². The van der Waals surface area contributed by atoms with Crippen LogP contribution in [0.15, 0.2) is 47.1 Å². The molecule has 1 aromatic carbocycles. The summed E-state index contributed by atoms with van der Waals surface area (Å²) in [6.45, 7) is 2.46. The van der Waals surface area contributed by atoms with Gasteiger partial charge in [-0.15, -0.1) is 0 Å². The van der Waals surface area contributed by atoms with Crippen molar-refractivity contribution in [1.82, 2.24) is 4.90 Å². The van der Waals surface area contributed by atoms with Crippen LogP contribution < -0.4 is 0 Å². The molecule has 0 radical (unpaired) electrons. The fourth-order valence-electron chi connectivity index (χ4n) is 1.71. The highest BCUT2D eigenvalue weighted by molar-refractivity contribution is 5.94. The van der Waals surface area contributed by atoms with Crippen LogP contribution in [0.3, 0.4) is 0 Å². The number of rotatable bonds is 3. The molecule has 3 heteroatoms. The lowest BCUT2D eigenvalue weighted by molar-refractivity contribution is 0.0775. The van der Waals surface area contributed by atoms with Gasteiger partial charge in [-0.3, -0.25) is 4.79 Å². The standard InChI is InChI=1S/C14H15NO2/c1-11-5-3-6-12(9-11)14(16)15(2)10-13-7-4-8-17-13/h3-9H,10H2,1-2H3. The zero-order chi connectivity index (χ0) is 12.3. The summed E-state index contributed by atoms with van der Waals surface area (Å²) in [5.74, 6) is 0.790. The maximum absolute atomic E-state index is 12.1. The zero-order valence-corrected chi connectivity index (χ0v) is 10.0. The Balaban J connectivity index is 2.09. The predicted molar refractivity (Wildman–Crippen MR) is 65.7 cm³/mol. The highest BCUT2D eigenvalue weighted by atomic mass is 16.3. The third kappa shape index (κ3) is 2.75. The van der Waals surface area contributed by atoms with E-state index in [4.69, 9.17) is 4.42 Å². The van der Waals surface area contributed by atoms with E-state index >= 15 is 0 Å². The van der Waals surface area contributed by atoms with Crippen molar-refractivity contribution in [3.63, 3.8) is 0 Å². The van der Waals surface area contributed by atoms with Gasteiger partial charge in [0.15, 0.2) is 0 Å². The summed E-state index contributed by atoms with van der Waals surface area (Å²) in [5, 5.41) is 0. The molecule has 1 aromatic heterocycles. The maximum Gasteiger partial charge on any atom is 0.254 e. The summed E-state index contributed by atoms with van der Waals surface area (Å²) in [6, 6.07) is 11.3. The molecule has 3 nitrogen and oxygen atoms in total. The summed E-state index contributed by atoms with van der Waals surface area (Å²) in [6.07, 6.45) is 1.61. The van der Waals surface area contributed by atoms with Crippen LogP contribution in [-0.4, -0.2) is 17.9 Å². The number of hydrogen-bond acceptors (Lipinski definition) is 2. The average Bonchev–Trinajstić information content (AvgIpc) is 2.80. The average molecular weight is 229 g/mol. The molecule has 2 rings (SSSR count). The minimum absolute atomic E-state index is 0.00472. The van der Waals surface area contributed by atoms with E-state index in [2.05, 4.69) is 0 Å². The Morgan fingerprint density at radius 1 is 1.29 bits per heavy atom. The van der Waals surface area contributed by atoms with Crippen molar-refractivity contribution in [3.05, 3.63) is 59.5 Å². The van der Waals surface area contributed by atoms with Crippen LogP contribution in [0.4, 0.5) is 0 Å². The number of hydrogen-bond donors (Lipinski definition) is 0. The van der Waals surface area contributed by atoms with Crippen molar-refractivity contribution in [3.8, 4) is 0 Å². The van der Waals surface area contributed by atoms with Gasteiger partial charge in [0, 0.05) is 12.6 Å². The number of carbonyl (C=O) groups excluding carboxylic acids is 1. The number of benzene rings is 1. The second-order valence-corrected chi connectivity index (χ2v) is 4.11. The van der Waals surface area contributed by atoms with Crippen molar-refractivity contribution < 1.29 is 9.21 Å². The smallest absolute Gasteiger partial charge is 0.254 e. The molecule has 0 bridgehead atoms. The Morgan fingerprint density at radius 3 is 2.76 bits per heavy atom. The van der Waals surface area contributed by atoms with Crippen LogP contribution in [0.2, 0.25) is 0 Å². The van der Waals surface area contributed by atoms with Gasteiger partial charge in [0.25, 0.3) is 5.91 Å². The molecule has 0 fully saturated rings. The van der Waals surface area contributed by atoms with Crippen molar-refractivity contribution in [2.24, 2.45) is 0 Å². The lowest BCUT2D eigenvalue weighted by Crippen LogP contribution is -2.25. The van der Waals surface area contributed by atoms with Crippen molar-refractivity contribution >= 4 is 5.91 Å². The first-order chi connectivity index (χ1) is 8.16. The molecular weight excluding hydrogens is 214 g/mol. The molecule has 1 heterocycles. The van der Waals surface area contributed by atoms with Crippen molar-refractivity contribution in [1.29, 1.82) is 0 Å². The van der Waals surface area contributed by atoms with E-state index in [0.717, 1.165) is 11.3 Å². The Morgan fingerprint density at radius 2 is 2.12 bits per heavy atom. The fraction of sp³-hybridized carbons (Fsp3) is 0.214. The largest absolute Gasteiger partial charge is 0.467 e. The quantitative estimate of drug-likeness (QED) is 0.810. The minimum Gasteiger partial charge on any atom is -0.467 e. The number of aryl methyl sites for hydroxylation is 1. The molecule has 17 heavy (non-hydrogen) atoms. The van der Waals surface area contributed by atoms with Gasteiger partial charge in [-0.1, -0.05) is 17.7 Å². The van der Waals surface area contributed by atoms with E-state index in [-0.39, 0.29) is 5.91 Å². The topological polar surface area (TPSA) is 33.5 Å². The Kier molecular flexibility index (Phi) is 3.28. The molecule has 0 saturated carbocycles. The summed E-state index contributed by atoms with van der Waals surface area (Å²) >= 11 is 0. The van der Waals surface area contributed by atoms with Crippen LogP contribution >= 0.6 is 0 Å². The molecule has 88 valence electrons. The van der Waals surface area contributed by atoms with E-state index in [1.54, 1.807) is 18.2 Å². The highest BCUT2D eigenvalue weighted by Gasteiger charge is 2.12. The van der Waals surface area contributed by atoms with E-state index in [1.165, 1.54) is 0 Å². The molecule has 0 N–H and O–H groups in total. The second kappa shape index (κ2) is 4.87. The minimum atomic E-state index is 0.00472. The molecule has 1 amide bonds. The second-order valence-electron chi connectivity index (χ2n) is 4.11. The zero-order valence-electron chi connectivity index (χ0n) is 10.0. The Hall–Kier alpha value is -2.03. The Labute approximate surface area is 101 Å². The predicted octanol–water partition coefficient (Wildman–Crippen LogP) is 2.86. The molecule has 0 unspecified atom stereocenters. The van der Waals surface area contributed by atoms with Crippen LogP contribution in [-0.2, 0) is 6.54 Å². The third-order valence-corrected chi connectivity index (χ3v) is 2.58. The molecule has 0 atom stereocenters. The van der Waals surface area contributed by atoms with E-state index in [9.17, 15) is 4.79 Å². The van der Waals surface area contributed by atoms with Crippen LogP contribution in [0.25, 0.3) is 0 Å². The number of amides is 1. The normalized spacial score (nSPS) is 10.2. The molecule has 0 aliphatic rings. The van der Waals surface area contributed by atoms with Gasteiger partial charge < -0.3 is 9.32 Å². The van der Waals surface area contributed by atoms with Gasteiger partial charge in [-0.2, -0.15) is 0 Å². The number of nitrogens with zero attached hydrogens (tertiary/aromatic N) is 1. The summed E-state index contributed by atoms with van der Waals surface area (Å²) < 4.78 is 5.22.